The second-order valence-corrected chi connectivity index (χ2v) is 10.0. The summed E-state index contributed by atoms with van der Waals surface area (Å²) in [7, 11) is 1.31. The van der Waals surface area contributed by atoms with Gasteiger partial charge in [0.2, 0.25) is 5.91 Å². The molecule has 4 rings (SSSR count). The van der Waals surface area contributed by atoms with Crippen LogP contribution in [0.3, 0.4) is 0 Å². The Morgan fingerprint density at radius 1 is 0.947 bits per heavy atom. The van der Waals surface area contributed by atoms with E-state index in [-0.39, 0.29) is 18.3 Å². The van der Waals surface area contributed by atoms with Crippen LogP contribution in [0.2, 0.25) is 0 Å². The number of nitrogens with one attached hydrogen (secondary N) is 3. The number of esters is 1. The van der Waals surface area contributed by atoms with Crippen molar-refractivity contribution in [2.75, 3.05) is 17.7 Å². The number of hydrogen-bond donors (Lipinski definition) is 3. The average Bonchev–Trinajstić information content (AvgIpc) is 3.44. The second kappa shape index (κ2) is 11.5. The van der Waals surface area contributed by atoms with Gasteiger partial charge in [0.05, 0.1) is 18.2 Å². The van der Waals surface area contributed by atoms with E-state index in [0.717, 1.165) is 10.4 Å². The van der Waals surface area contributed by atoms with Crippen molar-refractivity contribution < 1.29 is 23.1 Å². The van der Waals surface area contributed by atoms with Crippen molar-refractivity contribution in [1.29, 1.82) is 0 Å². The zero-order valence-electron chi connectivity index (χ0n) is 21.1. The summed E-state index contributed by atoms with van der Waals surface area (Å²) in [6.45, 7) is 3.72. The summed E-state index contributed by atoms with van der Waals surface area (Å²) in [5, 5.41) is 11.1. The predicted octanol–water partition coefficient (Wildman–Crippen LogP) is 6.73. The fourth-order valence-corrected chi connectivity index (χ4v) is 4.43. The smallest absolute Gasteiger partial charge is 0.337 e. The van der Waals surface area contributed by atoms with Crippen LogP contribution in [0.1, 0.15) is 29.8 Å². The first-order valence-electron chi connectivity index (χ1n) is 11.8. The molecule has 9 heteroatoms. The molecule has 3 N–H and O–H groups in total. The Morgan fingerprint density at radius 3 is 2.37 bits per heavy atom. The van der Waals surface area contributed by atoms with Crippen LogP contribution >= 0.6 is 11.3 Å². The Hall–Kier alpha value is -4.08. The largest absolute Gasteiger partial charge is 0.465 e. The summed E-state index contributed by atoms with van der Waals surface area (Å²) in [5.41, 5.74) is 2.19. The summed E-state index contributed by atoms with van der Waals surface area (Å²) >= 11 is 1.42. The van der Waals surface area contributed by atoms with E-state index in [1.165, 1.54) is 42.7 Å². The molecular formula is C29H27F2N3O3S. The van der Waals surface area contributed by atoms with Crippen LogP contribution in [-0.4, -0.2) is 24.5 Å². The quantitative estimate of drug-likeness (QED) is 0.207. The number of rotatable bonds is 9. The van der Waals surface area contributed by atoms with Crippen molar-refractivity contribution in [2.45, 2.75) is 25.9 Å². The van der Waals surface area contributed by atoms with Crippen LogP contribution < -0.4 is 16.0 Å². The van der Waals surface area contributed by atoms with Crippen LogP contribution in [0.4, 0.5) is 25.8 Å². The normalized spacial score (nSPS) is 11.2. The van der Waals surface area contributed by atoms with Gasteiger partial charge in [0.25, 0.3) is 0 Å². The molecule has 6 nitrogen and oxygen atoms in total. The number of carbonyl (C=O) groups excluding carboxylic acids is 2. The van der Waals surface area contributed by atoms with Crippen LogP contribution in [0.5, 0.6) is 0 Å². The van der Waals surface area contributed by atoms with E-state index in [0.29, 0.717) is 28.2 Å². The summed E-state index contributed by atoms with van der Waals surface area (Å²) in [6, 6.07) is 19.1. The first-order chi connectivity index (χ1) is 18.2. The van der Waals surface area contributed by atoms with Gasteiger partial charge in [0, 0.05) is 34.0 Å². The molecule has 1 amide bonds. The van der Waals surface area contributed by atoms with Crippen molar-refractivity contribution in [3.05, 3.63) is 101 Å². The number of halogens is 2. The highest BCUT2D eigenvalue weighted by Crippen LogP contribution is 2.30. The van der Waals surface area contributed by atoms with Gasteiger partial charge in [-0.1, -0.05) is 12.1 Å². The fourth-order valence-electron chi connectivity index (χ4n) is 3.69. The van der Waals surface area contributed by atoms with Gasteiger partial charge in [-0.2, -0.15) is 0 Å². The second-order valence-electron chi connectivity index (χ2n) is 9.10. The number of benzene rings is 3. The van der Waals surface area contributed by atoms with Gasteiger partial charge in [0.1, 0.15) is 11.6 Å². The van der Waals surface area contributed by atoms with Crippen LogP contribution in [0.15, 0.2) is 78.2 Å². The molecule has 0 aliphatic carbocycles. The first kappa shape index (κ1) is 27.0. The Labute approximate surface area is 223 Å². The first-order valence-corrected chi connectivity index (χ1v) is 12.7. The molecule has 1 heterocycles. The lowest BCUT2D eigenvalue weighted by molar-refractivity contribution is -0.121. The molecule has 0 atom stereocenters. The molecule has 0 bridgehead atoms. The van der Waals surface area contributed by atoms with Crippen molar-refractivity contribution in [3.63, 3.8) is 0 Å². The molecule has 196 valence electrons. The zero-order valence-corrected chi connectivity index (χ0v) is 21.9. The van der Waals surface area contributed by atoms with E-state index in [4.69, 9.17) is 4.74 Å². The molecule has 0 saturated carbocycles. The monoisotopic (exact) mass is 535 g/mol. The topological polar surface area (TPSA) is 79.5 Å². The van der Waals surface area contributed by atoms with Gasteiger partial charge in [-0.15, -0.1) is 11.3 Å². The Bertz CT molecular complexity index is 1440. The Balaban J connectivity index is 1.45. The van der Waals surface area contributed by atoms with Gasteiger partial charge in [-0.25, -0.2) is 13.6 Å². The Kier molecular flexibility index (Phi) is 8.19. The molecule has 0 aliphatic rings. The fraction of sp³-hybridized carbons (Fsp3) is 0.172. The molecular weight excluding hydrogens is 508 g/mol. The van der Waals surface area contributed by atoms with Crippen LogP contribution in [-0.2, 0) is 16.1 Å². The third kappa shape index (κ3) is 6.42. The maximum absolute atomic E-state index is 14.3. The highest BCUT2D eigenvalue weighted by Gasteiger charge is 2.27. The minimum absolute atomic E-state index is 0.257. The van der Waals surface area contributed by atoms with E-state index in [1.54, 1.807) is 50.2 Å². The number of thiophene rings is 1. The number of hydrogen-bond acceptors (Lipinski definition) is 6. The van der Waals surface area contributed by atoms with Gasteiger partial charge < -0.3 is 15.4 Å². The lowest BCUT2D eigenvalue weighted by Crippen LogP contribution is -2.49. The standard InChI is InChI=1S/C29H27F2N3O3S/c1-29(2,28(36)34-22-12-13-24(31)23(16-22)26-5-4-14-38-26)32-17-19-6-9-20(30)15-25(19)33-21-10-7-18(8-11-21)27(35)37-3/h4-16,32-33H,17H2,1-3H3,(H,34,36). The molecule has 0 spiro atoms. The third-order valence-corrected chi connectivity index (χ3v) is 6.86. The molecule has 0 radical (unpaired) electrons. The van der Waals surface area contributed by atoms with E-state index in [2.05, 4.69) is 16.0 Å². The van der Waals surface area contributed by atoms with E-state index < -0.39 is 17.3 Å². The number of anilines is 3. The highest BCUT2D eigenvalue weighted by atomic mass is 32.1. The van der Waals surface area contributed by atoms with Crippen molar-refractivity contribution in [2.24, 2.45) is 0 Å². The number of ether oxygens (including phenoxy) is 1. The van der Waals surface area contributed by atoms with Crippen molar-refractivity contribution in [1.82, 2.24) is 5.32 Å². The minimum Gasteiger partial charge on any atom is -0.465 e. The van der Waals surface area contributed by atoms with Gasteiger partial charge in [-0.3, -0.25) is 10.1 Å². The van der Waals surface area contributed by atoms with Crippen LogP contribution in [0, 0.1) is 11.6 Å². The van der Waals surface area contributed by atoms with E-state index in [9.17, 15) is 18.4 Å². The summed E-state index contributed by atoms with van der Waals surface area (Å²) < 4.78 is 33.1. The van der Waals surface area contributed by atoms with Gasteiger partial charge >= 0.3 is 5.97 Å². The Morgan fingerprint density at radius 2 is 1.68 bits per heavy atom. The average molecular weight is 536 g/mol. The third-order valence-electron chi connectivity index (χ3n) is 5.96. The van der Waals surface area contributed by atoms with Crippen molar-refractivity contribution >= 4 is 40.3 Å². The summed E-state index contributed by atoms with van der Waals surface area (Å²) in [6.07, 6.45) is 0. The molecule has 1 aromatic heterocycles. The molecule has 4 aromatic rings. The van der Waals surface area contributed by atoms with Gasteiger partial charge in [0.15, 0.2) is 0 Å². The SMILES string of the molecule is COC(=O)c1ccc(Nc2cc(F)ccc2CNC(C)(C)C(=O)Nc2ccc(F)c(-c3cccs3)c2)cc1. The molecule has 0 saturated heterocycles. The maximum Gasteiger partial charge on any atom is 0.337 e. The molecule has 3 aromatic carbocycles. The predicted molar refractivity (Wildman–Crippen MR) is 147 cm³/mol. The van der Waals surface area contributed by atoms with Crippen molar-refractivity contribution in [3.8, 4) is 10.4 Å². The highest BCUT2D eigenvalue weighted by molar-refractivity contribution is 7.13. The maximum atomic E-state index is 14.3. The lowest BCUT2D eigenvalue weighted by atomic mass is 10.0. The lowest BCUT2D eigenvalue weighted by Gasteiger charge is -2.26. The molecule has 0 fully saturated rings. The van der Waals surface area contributed by atoms with E-state index >= 15 is 0 Å². The minimum atomic E-state index is -1.01. The molecule has 0 unspecified atom stereocenters. The number of methoxy groups -OCH3 is 1. The van der Waals surface area contributed by atoms with E-state index in [1.807, 2.05) is 17.5 Å². The number of amides is 1. The zero-order chi connectivity index (χ0) is 27.3. The number of carbonyl (C=O) groups is 2. The summed E-state index contributed by atoms with van der Waals surface area (Å²) in [5.74, 6) is -1.54. The molecule has 0 aliphatic heterocycles. The summed E-state index contributed by atoms with van der Waals surface area (Å²) in [4.78, 5) is 25.5. The van der Waals surface area contributed by atoms with Gasteiger partial charge in [-0.05, 0) is 85.5 Å². The molecule has 38 heavy (non-hydrogen) atoms. The van der Waals surface area contributed by atoms with Crippen LogP contribution in [0.25, 0.3) is 10.4 Å².